The summed E-state index contributed by atoms with van der Waals surface area (Å²) in [4.78, 5) is 21.3. The molecule has 82 valence electrons. The number of nitrogens with zero attached hydrogens (tertiary/aromatic N) is 1. The minimum atomic E-state index is -0.904. The second-order valence-corrected chi connectivity index (χ2v) is 4.09. The Morgan fingerprint density at radius 2 is 2.21 bits per heavy atom. The van der Waals surface area contributed by atoms with Gasteiger partial charge >= 0.3 is 5.97 Å². The average molecular weight is 221 g/mol. The Bertz CT molecular complexity index is 210. The predicted octanol–water partition coefficient (Wildman–Crippen LogP) is 1.34. The first-order valence-electron chi connectivity index (χ1n) is 4.37. The fourth-order valence-electron chi connectivity index (χ4n) is 0.876. The molecule has 0 aliphatic rings. The van der Waals surface area contributed by atoms with Crippen LogP contribution in [0.15, 0.2) is 0 Å². The highest BCUT2D eigenvalue weighted by atomic mass is 32.2. The van der Waals surface area contributed by atoms with E-state index in [9.17, 15) is 14.9 Å². The molecule has 0 radical (unpaired) electrons. The molecule has 0 amide bonds. The average Bonchev–Trinajstić information content (AvgIpc) is 2.17. The summed E-state index contributed by atoms with van der Waals surface area (Å²) in [5, 5.41) is 9.81. The standard InChI is InChI=1S/C8H15NO4S/c1-4-5-14-7(8(10)13-3)6(2)9(11)12/h6-7H,4-5H2,1-3H3. The minimum absolute atomic E-state index is 0.454. The van der Waals surface area contributed by atoms with Gasteiger partial charge in [0.25, 0.3) is 0 Å². The number of carbonyl (C=O) groups excluding carboxylic acids is 1. The summed E-state index contributed by atoms with van der Waals surface area (Å²) in [6.07, 6.45) is 0.878. The minimum Gasteiger partial charge on any atom is -0.468 e. The number of methoxy groups -OCH3 is 1. The van der Waals surface area contributed by atoms with Crippen LogP contribution in [0, 0.1) is 10.1 Å². The van der Waals surface area contributed by atoms with Gasteiger partial charge in [0, 0.05) is 11.8 Å². The van der Waals surface area contributed by atoms with Crippen LogP contribution in [0.25, 0.3) is 0 Å². The summed E-state index contributed by atoms with van der Waals surface area (Å²) in [7, 11) is 1.24. The number of carbonyl (C=O) groups is 1. The normalized spacial score (nSPS) is 14.5. The number of thioether (sulfide) groups is 1. The van der Waals surface area contributed by atoms with E-state index >= 15 is 0 Å². The Balaban J connectivity index is 4.37. The highest BCUT2D eigenvalue weighted by Gasteiger charge is 2.34. The van der Waals surface area contributed by atoms with Gasteiger partial charge in [-0.3, -0.25) is 14.9 Å². The van der Waals surface area contributed by atoms with E-state index in [2.05, 4.69) is 4.74 Å². The van der Waals surface area contributed by atoms with Crippen LogP contribution >= 0.6 is 11.8 Å². The molecule has 0 heterocycles. The van der Waals surface area contributed by atoms with Crippen LogP contribution in [-0.2, 0) is 9.53 Å². The summed E-state index contributed by atoms with van der Waals surface area (Å²) in [5.74, 6) is 0.199. The van der Waals surface area contributed by atoms with Crippen LogP contribution in [0.5, 0.6) is 0 Å². The van der Waals surface area contributed by atoms with E-state index in [0.29, 0.717) is 0 Å². The number of ether oxygens (including phenoxy) is 1. The van der Waals surface area contributed by atoms with Crippen molar-refractivity contribution >= 4 is 17.7 Å². The van der Waals surface area contributed by atoms with E-state index in [1.807, 2.05) is 6.92 Å². The lowest BCUT2D eigenvalue weighted by molar-refractivity contribution is -0.515. The largest absolute Gasteiger partial charge is 0.468 e. The highest BCUT2D eigenvalue weighted by Crippen LogP contribution is 2.19. The van der Waals surface area contributed by atoms with Crippen LogP contribution in [0.2, 0.25) is 0 Å². The molecule has 0 aliphatic carbocycles. The van der Waals surface area contributed by atoms with Crippen molar-refractivity contribution < 1.29 is 14.5 Å². The van der Waals surface area contributed by atoms with Gasteiger partial charge < -0.3 is 4.74 Å². The molecule has 0 spiro atoms. The molecule has 0 fully saturated rings. The Kier molecular flexibility index (Phi) is 6.27. The molecular formula is C8H15NO4S. The molecule has 0 N–H and O–H groups in total. The number of rotatable bonds is 6. The molecule has 0 rings (SSSR count). The zero-order valence-electron chi connectivity index (χ0n) is 8.56. The fourth-order valence-corrected chi connectivity index (χ4v) is 1.98. The van der Waals surface area contributed by atoms with Crippen molar-refractivity contribution in [3.63, 3.8) is 0 Å². The van der Waals surface area contributed by atoms with Crippen molar-refractivity contribution in [1.82, 2.24) is 0 Å². The second kappa shape index (κ2) is 6.64. The SMILES string of the molecule is CCCSC(C(=O)OC)C(C)[N+](=O)[O-]. The van der Waals surface area contributed by atoms with E-state index in [0.717, 1.165) is 12.2 Å². The molecule has 14 heavy (non-hydrogen) atoms. The lowest BCUT2D eigenvalue weighted by Crippen LogP contribution is -2.36. The quantitative estimate of drug-likeness (QED) is 0.384. The molecule has 2 unspecified atom stereocenters. The summed E-state index contributed by atoms with van der Waals surface area (Å²) >= 11 is 1.27. The van der Waals surface area contributed by atoms with Gasteiger partial charge in [-0.15, -0.1) is 11.8 Å². The van der Waals surface area contributed by atoms with Crippen LogP contribution in [0.1, 0.15) is 20.3 Å². The maximum absolute atomic E-state index is 11.2. The van der Waals surface area contributed by atoms with E-state index in [1.165, 1.54) is 25.8 Å². The number of esters is 1. The second-order valence-electron chi connectivity index (χ2n) is 2.84. The Labute approximate surface area is 87.3 Å². The summed E-state index contributed by atoms with van der Waals surface area (Å²) in [6, 6.07) is -0.904. The predicted molar refractivity (Wildman–Crippen MR) is 55.0 cm³/mol. The smallest absolute Gasteiger partial charge is 0.325 e. The van der Waals surface area contributed by atoms with Gasteiger partial charge in [0.1, 0.15) is 0 Å². The zero-order chi connectivity index (χ0) is 11.1. The Morgan fingerprint density at radius 1 is 1.64 bits per heavy atom. The molecule has 0 saturated carbocycles. The summed E-state index contributed by atoms with van der Waals surface area (Å²) in [6.45, 7) is 3.38. The van der Waals surface area contributed by atoms with E-state index < -0.39 is 22.2 Å². The zero-order valence-corrected chi connectivity index (χ0v) is 9.37. The maximum Gasteiger partial charge on any atom is 0.325 e. The highest BCUT2D eigenvalue weighted by molar-refractivity contribution is 8.00. The number of nitro groups is 1. The van der Waals surface area contributed by atoms with E-state index in [4.69, 9.17) is 0 Å². The first-order chi connectivity index (χ1) is 6.54. The molecule has 0 aromatic carbocycles. The molecule has 6 heteroatoms. The van der Waals surface area contributed by atoms with E-state index in [-0.39, 0.29) is 0 Å². The third kappa shape index (κ3) is 3.95. The lowest BCUT2D eigenvalue weighted by atomic mass is 10.2. The van der Waals surface area contributed by atoms with Crippen LogP contribution < -0.4 is 0 Å². The molecule has 0 aliphatic heterocycles. The molecule has 0 aromatic heterocycles. The van der Waals surface area contributed by atoms with Crippen molar-refractivity contribution in [2.75, 3.05) is 12.9 Å². The molecular weight excluding hydrogens is 206 g/mol. The number of hydrogen-bond acceptors (Lipinski definition) is 5. The third-order valence-electron chi connectivity index (χ3n) is 1.71. The fraction of sp³-hybridized carbons (Fsp3) is 0.875. The van der Waals surface area contributed by atoms with Gasteiger partial charge in [0.2, 0.25) is 6.04 Å². The monoisotopic (exact) mass is 221 g/mol. The Morgan fingerprint density at radius 3 is 2.57 bits per heavy atom. The molecule has 0 bridgehead atoms. The third-order valence-corrected chi connectivity index (χ3v) is 3.30. The molecule has 5 nitrogen and oxygen atoms in total. The van der Waals surface area contributed by atoms with Crippen molar-refractivity contribution in [2.24, 2.45) is 0 Å². The molecule has 0 saturated heterocycles. The summed E-state index contributed by atoms with van der Waals surface area (Å²) in [5.41, 5.74) is 0. The van der Waals surface area contributed by atoms with Gasteiger partial charge in [-0.05, 0) is 12.2 Å². The van der Waals surface area contributed by atoms with Gasteiger partial charge in [-0.2, -0.15) is 0 Å². The summed E-state index contributed by atoms with van der Waals surface area (Å²) < 4.78 is 4.52. The number of hydrogen-bond donors (Lipinski definition) is 0. The van der Waals surface area contributed by atoms with Crippen molar-refractivity contribution in [1.29, 1.82) is 0 Å². The maximum atomic E-state index is 11.2. The van der Waals surface area contributed by atoms with Gasteiger partial charge in [0.15, 0.2) is 5.25 Å². The van der Waals surface area contributed by atoms with Crippen molar-refractivity contribution in [2.45, 2.75) is 31.6 Å². The van der Waals surface area contributed by atoms with Crippen molar-refractivity contribution in [3.8, 4) is 0 Å². The Hall–Kier alpha value is -0.780. The molecule has 2 atom stereocenters. The van der Waals surface area contributed by atoms with E-state index in [1.54, 1.807) is 0 Å². The first-order valence-corrected chi connectivity index (χ1v) is 5.42. The first kappa shape index (κ1) is 13.2. The van der Waals surface area contributed by atoms with Gasteiger partial charge in [-0.25, -0.2) is 0 Å². The lowest BCUT2D eigenvalue weighted by Gasteiger charge is -2.14. The topological polar surface area (TPSA) is 69.4 Å². The van der Waals surface area contributed by atoms with Crippen LogP contribution in [0.4, 0.5) is 0 Å². The van der Waals surface area contributed by atoms with Crippen LogP contribution in [-0.4, -0.2) is 35.0 Å². The van der Waals surface area contributed by atoms with Gasteiger partial charge in [-0.1, -0.05) is 6.92 Å². The van der Waals surface area contributed by atoms with Crippen molar-refractivity contribution in [3.05, 3.63) is 10.1 Å². The molecule has 0 aromatic rings. The van der Waals surface area contributed by atoms with Gasteiger partial charge in [0.05, 0.1) is 7.11 Å². The van der Waals surface area contributed by atoms with Crippen LogP contribution in [0.3, 0.4) is 0 Å².